The van der Waals surface area contributed by atoms with Gasteiger partial charge in [-0.1, -0.05) is 13.8 Å². The zero-order chi connectivity index (χ0) is 10.3. The maximum absolute atomic E-state index is 11.2. The molecule has 0 spiro atoms. The summed E-state index contributed by atoms with van der Waals surface area (Å²) in [5.41, 5.74) is 5.63. The lowest BCUT2D eigenvalue weighted by Gasteiger charge is -2.13. The summed E-state index contributed by atoms with van der Waals surface area (Å²) < 4.78 is 0. The number of nitrogens with two attached hydrogens (primary N) is 1. The highest BCUT2D eigenvalue weighted by Gasteiger charge is 2.13. The summed E-state index contributed by atoms with van der Waals surface area (Å²) in [6.07, 6.45) is 1.28. The smallest absolute Gasteiger partial charge is 0.236 e. The monoisotopic (exact) mass is 188 g/mol. The van der Waals surface area contributed by atoms with Crippen LogP contribution < -0.4 is 11.1 Å². The van der Waals surface area contributed by atoms with E-state index in [0.717, 1.165) is 0 Å². The number of aliphatic hydroxyl groups excluding tert-OH is 1. The third kappa shape index (κ3) is 6.54. The summed E-state index contributed by atoms with van der Waals surface area (Å²) in [6, 6.07) is -0.418. The van der Waals surface area contributed by atoms with Gasteiger partial charge in [0.15, 0.2) is 0 Å². The second-order valence-corrected chi connectivity index (χ2v) is 3.60. The first-order valence-electron chi connectivity index (χ1n) is 4.72. The van der Waals surface area contributed by atoms with Gasteiger partial charge >= 0.3 is 0 Å². The van der Waals surface area contributed by atoms with Crippen LogP contribution in [0.1, 0.15) is 26.7 Å². The van der Waals surface area contributed by atoms with Crippen LogP contribution in [0.25, 0.3) is 0 Å². The lowest BCUT2D eigenvalue weighted by molar-refractivity contribution is -0.122. The van der Waals surface area contributed by atoms with Gasteiger partial charge in [0.1, 0.15) is 0 Å². The third-order valence-corrected chi connectivity index (χ3v) is 1.70. The molecule has 0 heterocycles. The SMILES string of the molecule is CC(C)C[C@H](N)C(=O)NCCCO. The molecule has 0 radical (unpaired) electrons. The number of rotatable bonds is 6. The Kier molecular flexibility index (Phi) is 6.54. The Bertz CT molecular complexity index is 149. The van der Waals surface area contributed by atoms with Crippen LogP contribution in [-0.2, 0) is 4.79 Å². The number of amides is 1. The van der Waals surface area contributed by atoms with E-state index in [4.69, 9.17) is 10.8 Å². The van der Waals surface area contributed by atoms with Crippen LogP contribution in [0.3, 0.4) is 0 Å². The number of hydrogen-bond acceptors (Lipinski definition) is 3. The van der Waals surface area contributed by atoms with Gasteiger partial charge in [0.2, 0.25) is 5.91 Å². The molecule has 0 aliphatic carbocycles. The summed E-state index contributed by atoms with van der Waals surface area (Å²) in [5, 5.41) is 11.1. The first-order chi connectivity index (χ1) is 6.07. The van der Waals surface area contributed by atoms with Crippen molar-refractivity contribution in [2.45, 2.75) is 32.7 Å². The number of carbonyl (C=O) groups is 1. The number of carbonyl (C=O) groups excluding carboxylic acids is 1. The van der Waals surface area contributed by atoms with Crippen LogP contribution in [0.5, 0.6) is 0 Å². The quantitative estimate of drug-likeness (QED) is 0.508. The summed E-state index contributed by atoms with van der Waals surface area (Å²) in [4.78, 5) is 11.2. The van der Waals surface area contributed by atoms with Gasteiger partial charge in [0.05, 0.1) is 6.04 Å². The van der Waals surface area contributed by atoms with Crippen molar-refractivity contribution in [3.63, 3.8) is 0 Å². The van der Waals surface area contributed by atoms with Crippen LogP contribution >= 0.6 is 0 Å². The predicted octanol–water partition coefficient (Wildman–Crippen LogP) is -0.142. The van der Waals surface area contributed by atoms with Gasteiger partial charge in [-0.2, -0.15) is 0 Å². The van der Waals surface area contributed by atoms with E-state index < -0.39 is 6.04 Å². The molecule has 1 atom stereocenters. The molecule has 1 amide bonds. The molecule has 0 saturated carbocycles. The molecule has 0 saturated heterocycles. The molecule has 0 aliphatic rings. The van der Waals surface area contributed by atoms with E-state index in [2.05, 4.69) is 5.32 Å². The van der Waals surface area contributed by atoms with E-state index in [0.29, 0.717) is 25.3 Å². The molecule has 0 aromatic carbocycles. The van der Waals surface area contributed by atoms with Crippen molar-refractivity contribution < 1.29 is 9.90 Å². The zero-order valence-electron chi connectivity index (χ0n) is 8.42. The molecule has 0 aromatic rings. The van der Waals surface area contributed by atoms with Crippen LogP contribution in [-0.4, -0.2) is 30.2 Å². The Morgan fingerprint density at radius 2 is 2.15 bits per heavy atom. The Balaban J connectivity index is 3.57. The average molecular weight is 188 g/mol. The maximum atomic E-state index is 11.2. The predicted molar refractivity (Wildman–Crippen MR) is 52.1 cm³/mol. The van der Waals surface area contributed by atoms with Crippen molar-refractivity contribution in [3.05, 3.63) is 0 Å². The number of hydrogen-bond donors (Lipinski definition) is 3. The second-order valence-electron chi connectivity index (χ2n) is 3.60. The molecule has 4 nitrogen and oxygen atoms in total. The molecule has 0 bridgehead atoms. The molecule has 0 fully saturated rings. The standard InChI is InChI=1S/C9H20N2O2/c1-7(2)6-8(10)9(13)11-4-3-5-12/h7-8,12H,3-6,10H2,1-2H3,(H,11,13)/t8-/m0/s1. The third-order valence-electron chi connectivity index (χ3n) is 1.70. The van der Waals surface area contributed by atoms with Crippen LogP contribution in [0.2, 0.25) is 0 Å². The van der Waals surface area contributed by atoms with Crippen molar-refractivity contribution in [2.24, 2.45) is 11.7 Å². The minimum absolute atomic E-state index is 0.0969. The molecule has 0 aliphatic heterocycles. The molecule has 0 rings (SSSR count). The average Bonchev–Trinajstić information content (AvgIpc) is 2.03. The Morgan fingerprint density at radius 3 is 2.62 bits per heavy atom. The highest BCUT2D eigenvalue weighted by atomic mass is 16.3. The Hall–Kier alpha value is -0.610. The molecule has 13 heavy (non-hydrogen) atoms. The normalized spacial score (nSPS) is 13.0. The fraction of sp³-hybridized carbons (Fsp3) is 0.889. The minimum Gasteiger partial charge on any atom is -0.396 e. The molecule has 4 N–H and O–H groups in total. The van der Waals surface area contributed by atoms with Crippen molar-refractivity contribution in [3.8, 4) is 0 Å². The fourth-order valence-electron chi connectivity index (χ4n) is 1.04. The van der Waals surface area contributed by atoms with Crippen molar-refractivity contribution in [1.29, 1.82) is 0 Å². The molecule has 0 unspecified atom stereocenters. The summed E-state index contributed by atoms with van der Waals surface area (Å²) in [5.74, 6) is 0.306. The summed E-state index contributed by atoms with van der Waals surface area (Å²) in [7, 11) is 0. The van der Waals surface area contributed by atoms with Crippen molar-refractivity contribution >= 4 is 5.91 Å². The first kappa shape index (κ1) is 12.4. The molecular weight excluding hydrogens is 168 g/mol. The topological polar surface area (TPSA) is 75.4 Å². The number of nitrogens with one attached hydrogen (secondary N) is 1. The lowest BCUT2D eigenvalue weighted by atomic mass is 10.0. The van der Waals surface area contributed by atoms with E-state index in [9.17, 15) is 4.79 Å². The summed E-state index contributed by atoms with van der Waals surface area (Å²) in [6.45, 7) is 4.66. The Labute approximate surface area is 79.5 Å². The van der Waals surface area contributed by atoms with Gasteiger partial charge in [-0.3, -0.25) is 4.79 Å². The van der Waals surface area contributed by atoms with E-state index in [1.165, 1.54) is 0 Å². The number of aliphatic hydroxyl groups is 1. The fourth-order valence-corrected chi connectivity index (χ4v) is 1.04. The van der Waals surface area contributed by atoms with E-state index in [1.54, 1.807) is 0 Å². The van der Waals surface area contributed by atoms with Crippen molar-refractivity contribution in [1.82, 2.24) is 5.32 Å². The van der Waals surface area contributed by atoms with E-state index in [-0.39, 0.29) is 12.5 Å². The van der Waals surface area contributed by atoms with Gasteiger partial charge in [-0.15, -0.1) is 0 Å². The van der Waals surface area contributed by atoms with Crippen molar-refractivity contribution in [2.75, 3.05) is 13.2 Å². The lowest BCUT2D eigenvalue weighted by Crippen LogP contribution is -2.41. The maximum Gasteiger partial charge on any atom is 0.236 e. The van der Waals surface area contributed by atoms with Gasteiger partial charge in [-0.25, -0.2) is 0 Å². The van der Waals surface area contributed by atoms with Gasteiger partial charge < -0.3 is 16.2 Å². The van der Waals surface area contributed by atoms with Crippen LogP contribution in [0, 0.1) is 5.92 Å². The van der Waals surface area contributed by atoms with Crippen LogP contribution in [0.15, 0.2) is 0 Å². The largest absolute Gasteiger partial charge is 0.396 e. The zero-order valence-corrected chi connectivity index (χ0v) is 8.42. The van der Waals surface area contributed by atoms with Crippen LogP contribution in [0.4, 0.5) is 0 Å². The first-order valence-corrected chi connectivity index (χ1v) is 4.72. The second kappa shape index (κ2) is 6.86. The van der Waals surface area contributed by atoms with Gasteiger partial charge in [0, 0.05) is 13.2 Å². The Morgan fingerprint density at radius 1 is 1.54 bits per heavy atom. The highest BCUT2D eigenvalue weighted by Crippen LogP contribution is 2.02. The van der Waals surface area contributed by atoms with E-state index in [1.807, 2.05) is 13.8 Å². The highest BCUT2D eigenvalue weighted by molar-refractivity contribution is 5.81. The van der Waals surface area contributed by atoms with E-state index >= 15 is 0 Å². The molecular formula is C9H20N2O2. The van der Waals surface area contributed by atoms with Gasteiger partial charge in [0.25, 0.3) is 0 Å². The molecule has 0 aromatic heterocycles. The minimum atomic E-state index is -0.418. The summed E-state index contributed by atoms with van der Waals surface area (Å²) >= 11 is 0. The molecule has 78 valence electrons. The van der Waals surface area contributed by atoms with Gasteiger partial charge in [-0.05, 0) is 18.8 Å². The molecule has 4 heteroatoms.